The van der Waals surface area contributed by atoms with Crippen LogP contribution in [0.5, 0.6) is 0 Å². The van der Waals surface area contributed by atoms with E-state index in [0.717, 1.165) is 23.2 Å². The van der Waals surface area contributed by atoms with Crippen molar-refractivity contribution in [2.45, 2.75) is 4.90 Å². The van der Waals surface area contributed by atoms with Crippen LogP contribution in [0.15, 0.2) is 88.6 Å². The predicted octanol–water partition coefficient (Wildman–Crippen LogP) is 4.37. The monoisotopic (exact) mass is 502 g/mol. The first kappa shape index (κ1) is 22.6. The summed E-state index contributed by atoms with van der Waals surface area (Å²) in [5.41, 5.74) is 2.07. The first-order valence-electron chi connectivity index (χ1n) is 10.5. The van der Waals surface area contributed by atoms with E-state index in [4.69, 9.17) is 0 Å². The number of fused-ring (bicyclic) bond motifs is 1. The van der Waals surface area contributed by atoms with E-state index in [1.807, 2.05) is 60.7 Å². The Labute approximate surface area is 204 Å². The minimum atomic E-state index is -3.38. The number of H-pyrrole nitrogens is 1. The van der Waals surface area contributed by atoms with Crippen molar-refractivity contribution in [3.05, 3.63) is 94.8 Å². The molecule has 2 heterocycles. The summed E-state index contributed by atoms with van der Waals surface area (Å²) in [6.45, 7) is 0. The Bertz CT molecular complexity index is 1730. The normalized spacial score (nSPS) is 11.5. The summed E-state index contributed by atoms with van der Waals surface area (Å²) in [6.07, 6.45) is 1.13. The zero-order valence-electron chi connectivity index (χ0n) is 18.3. The maximum atomic E-state index is 13.4. The van der Waals surface area contributed by atoms with Crippen LogP contribution >= 0.6 is 11.3 Å². The highest BCUT2D eigenvalue weighted by atomic mass is 32.2. The van der Waals surface area contributed by atoms with E-state index in [0.29, 0.717) is 27.0 Å². The topological polar surface area (TPSA) is 122 Å². The molecule has 0 aliphatic heterocycles. The van der Waals surface area contributed by atoms with E-state index in [2.05, 4.69) is 20.5 Å². The Kier molecular flexibility index (Phi) is 5.75. The predicted molar refractivity (Wildman–Crippen MR) is 136 cm³/mol. The first-order valence-corrected chi connectivity index (χ1v) is 13.2. The minimum absolute atomic E-state index is 0.0962. The molecule has 0 fully saturated rings. The number of carbonyl (C=O) groups is 1. The zero-order chi connectivity index (χ0) is 24.6. The Morgan fingerprint density at radius 1 is 0.943 bits per heavy atom. The maximum absolute atomic E-state index is 13.4. The lowest BCUT2D eigenvalue weighted by molar-refractivity contribution is 0.102. The van der Waals surface area contributed by atoms with Gasteiger partial charge in [0, 0.05) is 17.4 Å². The van der Waals surface area contributed by atoms with Gasteiger partial charge in [-0.1, -0.05) is 72.0 Å². The van der Waals surface area contributed by atoms with Gasteiger partial charge in [-0.25, -0.2) is 18.5 Å². The van der Waals surface area contributed by atoms with Crippen molar-refractivity contribution in [2.24, 2.45) is 0 Å². The van der Waals surface area contributed by atoms with Crippen LogP contribution in [0.2, 0.25) is 0 Å². The number of carbonyl (C=O) groups excluding carboxylic acids is 1. The highest BCUT2D eigenvalue weighted by molar-refractivity contribution is 7.90. The molecule has 0 radical (unpaired) electrons. The number of aromatic nitrogens is 3. The van der Waals surface area contributed by atoms with Crippen molar-refractivity contribution in [3.8, 4) is 22.4 Å². The number of amides is 1. The average molecular weight is 503 g/mol. The molecule has 0 saturated heterocycles. The molecule has 0 aliphatic rings. The third-order valence-electron chi connectivity index (χ3n) is 5.33. The number of nitrogens with zero attached hydrogens (tertiary/aromatic N) is 2. The van der Waals surface area contributed by atoms with Gasteiger partial charge in [0.15, 0.2) is 15.0 Å². The van der Waals surface area contributed by atoms with Crippen LogP contribution in [-0.2, 0) is 9.84 Å². The summed E-state index contributed by atoms with van der Waals surface area (Å²) in [5, 5.41) is 9.65. The second-order valence-corrected chi connectivity index (χ2v) is 10.8. The highest BCUT2D eigenvalue weighted by Crippen LogP contribution is 2.33. The van der Waals surface area contributed by atoms with Crippen molar-refractivity contribution in [3.63, 3.8) is 0 Å². The number of aromatic amines is 1. The fourth-order valence-corrected chi connectivity index (χ4v) is 5.33. The van der Waals surface area contributed by atoms with Crippen LogP contribution < -0.4 is 10.9 Å². The Hall–Kier alpha value is -4.15. The van der Waals surface area contributed by atoms with Crippen molar-refractivity contribution >= 4 is 42.4 Å². The molecule has 2 N–H and O–H groups in total. The summed E-state index contributed by atoms with van der Waals surface area (Å²) in [6, 6.07) is 22.9. The Morgan fingerprint density at radius 3 is 2.26 bits per heavy atom. The lowest BCUT2D eigenvalue weighted by atomic mass is 9.95. The number of benzene rings is 3. The number of thiazole rings is 1. The Morgan fingerprint density at radius 2 is 1.60 bits per heavy atom. The third-order valence-corrected chi connectivity index (χ3v) is 7.37. The second-order valence-electron chi connectivity index (χ2n) is 7.76. The second kappa shape index (κ2) is 8.90. The zero-order valence-corrected chi connectivity index (χ0v) is 20.0. The molecular formula is C25H18N4O4S2. The van der Waals surface area contributed by atoms with E-state index < -0.39 is 21.3 Å². The minimum Gasteiger partial charge on any atom is -0.298 e. The molecule has 5 aromatic rings. The van der Waals surface area contributed by atoms with Crippen LogP contribution in [0.4, 0.5) is 5.13 Å². The van der Waals surface area contributed by atoms with Crippen molar-refractivity contribution in [1.82, 2.24) is 15.2 Å². The largest absolute Gasteiger partial charge is 0.298 e. The molecule has 0 aliphatic carbocycles. The van der Waals surface area contributed by atoms with Crippen molar-refractivity contribution in [1.29, 1.82) is 0 Å². The van der Waals surface area contributed by atoms with E-state index in [1.165, 1.54) is 12.1 Å². The van der Waals surface area contributed by atoms with E-state index in [1.54, 1.807) is 6.07 Å². The van der Waals surface area contributed by atoms with Gasteiger partial charge in [-0.05, 0) is 23.8 Å². The molecule has 0 atom stereocenters. The fourth-order valence-electron chi connectivity index (χ4n) is 3.71. The molecule has 174 valence electrons. The van der Waals surface area contributed by atoms with Gasteiger partial charge in [0.1, 0.15) is 5.56 Å². The molecular weight excluding hydrogens is 484 g/mol. The molecule has 1 amide bonds. The summed E-state index contributed by atoms with van der Waals surface area (Å²) >= 11 is 1.12. The molecule has 0 unspecified atom stereocenters. The summed E-state index contributed by atoms with van der Waals surface area (Å²) in [5.74, 6) is -0.646. The van der Waals surface area contributed by atoms with Crippen LogP contribution in [-0.4, -0.2) is 35.8 Å². The van der Waals surface area contributed by atoms with Gasteiger partial charge in [-0.3, -0.25) is 14.9 Å². The van der Waals surface area contributed by atoms with Crippen LogP contribution in [0.1, 0.15) is 10.4 Å². The van der Waals surface area contributed by atoms with Gasteiger partial charge in [-0.15, -0.1) is 0 Å². The fraction of sp³-hybridized carbons (Fsp3) is 0.0400. The van der Waals surface area contributed by atoms with Gasteiger partial charge in [0.2, 0.25) is 0 Å². The Balaban J connectivity index is 1.62. The van der Waals surface area contributed by atoms with Gasteiger partial charge >= 0.3 is 0 Å². The molecule has 8 nitrogen and oxygen atoms in total. The standard InChI is InChI=1S/C25H18N4O4S2/c1-35(32,33)17-12-13-18-19(14-17)34-25(26-18)27-23(30)21-20(15-8-4-2-5-9-15)22(28-29-24(21)31)16-10-6-3-7-11-16/h2-14H,1H3,(H,29,31)(H,26,27,30). The van der Waals surface area contributed by atoms with Gasteiger partial charge < -0.3 is 0 Å². The van der Waals surface area contributed by atoms with Crippen LogP contribution in [0, 0.1) is 0 Å². The lowest BCUT2D eigenvalue weighted by Gasteiger charge is -2.13. The van der Waals surface area contributed by atoms with Gasteiger partial charge in [0.05, 0.1) is 20.8 Å². The highest BCUT2D eigenvalue weighted by Gasteiger charge is 2.24. The molecule has 2 aromatic heterocycles. The molecule has 10 heteroatoms. The number of hydrogen-bond acceptors (Lipinski definition) is 7. The lowest BCUT2D eigenvalue weighted by Crippen LogP contribution is -2.26. The molecule has 5 rings (SSSR count). The van der Waals surface area contributed by atoms with E-state index in [-0.39, 0.29) is 15.6 Å². The first-order chi connectivity index (χ1) is 16.8. The molecule has 0 saturated carbocycles. The number of nitrogens with one attached hydrogen (secondary N) is 2. The van der Waals surface area contributed by atoms with Gasteiger partial charge in [-0.2, -0.15) is 5.10 Å². The molecule has 3 aromatic carbocycles. The van der Waals surface area contributed by atoms with Crippen LogP contribution in [0.3, 0.4) is 0 Å². The molecule has 35 heavy (non-hydrogen) atoms. The SMILES string of the molecule is CS(=O)(=O)c1ccc2nc(NC(=O)c3c(-c4ccccc4)c(-c4ccccc4)n[nH]c3=O)sc2c1. The summed E-state index contributed by atoms with van der Waals surface area (Å²) in [7, 11) is -3.38. The van der Waals surface area contributed by atoms with E-state index in [9.17, 15) is 18.0 Å². The van der Waals surface area contributed by atoms with Crippen LogP contribution in [0.25, 0.3) is 32.6 Å². The third kappa shape index (κ3) is 4.48. The van der Waals surface area contributed by atoms with Crippen molar-refractivity contribution in [2.75, 3.05) is 11.6 Å². The number of sulfone groups is 1. The summed E-state index contributed by atoms with van der Waals surface area (Å²) < 4.78 is 24.3. The molecule has 0 spiro atoms. The van der Waals surface area contributed by atoms with Gasteiger partial charge in [0.25, 0.3) is 11.5 Å². The quantitative estimate of drug-likeness (QED) is 0.368. The maximum Gasteiger partial charge on any atom is 0.277 e. The van der Waals surface area contributed by atoms with Crippen molar-refractivity contribution < 1.29 is 13.2 Å². The average Bonchev–Trinajstić information content (AvgIpc) is 3.25. The number of rotatable bonds is 5. The number of hydrogen-bond donors (Lipinski definition) is 2. The number of anilines is 1. The van der Waals surface area contributed by atoms with E-state index >= 15 is 0 Å². The summed E-state index contributed by atoms with van der Waals surface area (Å²) in [4.78, 5) is 30.9. The molecule has 0 bridgehead atoms. The smallest absolute Gasteiger partial charge is 0.277 e.